The quantitative estimate of drug-likeness (QED) is 0.794. The maximum absolute atomic E-state index is 12.2. The molecule has 0 aliphatic heterocycles. The van der Waals surface area contributed by atoms with E-state index in [1.54, 1.807) is 37.0 Å². The van der Waals surface area contributed by atoms with E-state index in [0.29, 0.717) is 17.2 Å². The maximum Gasteiger partial charge on any atom is 0.331 e. The molecule has 20 heavy (non-hydrogen) atoms. The first-order chi connectivity index (χ1) is 9.74. The molecule has 0 spiro atoms. The number of ether oxygens (including phenoxy) is 2. The number of aromatic nitrogens is 2. The molecule has 0 amide bonds. The largest absolute Gasteiger partial charge is 0.497 e. The Morgan fingerprint density at radius 2 is 1.85 bits per heavy atom. The van der Waals surface area contributed by atoms with Crippen LogP contribution in [0.15, 0.2) is 47.3 Å². The van der Waals surface area contributed by atoms with Crippen molar-refractivity contribution < 1.29 is 9.47 Å². The molecule has 0 saturated heterocycles. The Kier molecular flexibility index (Phi) is 2.95. The Morgan fingerprint density at radius 1 is 1.05 bits per heavy atom. The van der Waals surface area contributed by atoms with Crippen LogP contribution in [0, 0.1) is 0 Å². The minimum atomic E-state index is -0.199. The lowest BCUT2D eigenvalue weighted by Gasteiger charge is -2.11. The molecule has 1 aromatic heterocycles. The molecule has 2 aromatic carbocycles. The van der Waals surface area contributed by atoms with E-state index >= 15 is 0 Å². The molecule has 5 nitrogen and oxygen atoms in total. The summed E-state index contributed by atoms with van der Waals surface area (Å²) >= 11 is 0. The van der Waals surface area contributed by atoms with Gasteiger partial charge in [0.1, 0.15) is 11.5 Å². The second-order valence-electron chi connectivity index (χ2n) is 4.32. The monoisotopic (exact) mass is 270 g/mol. The zero-order chi connectivity index (χ0) is 14.1. The Balaban J connectivity index is 2.30. The van der Waals surface area contributed by atoms with Crippen LogP contribution >= 0.6 is 0 Å². The van der Waals surface area contributed by atoms with Crippen LogP contribution in [0.5, 0.6) is 11.5 Å². The first kappa shape index (κ1) is 12.3. The van der Waals surface area contributed by atoms with E-state index < -0.39 is 0 Å². The van der Waals surface area contributed by atoms with E-state index in [1.807, 2.05) is 24.3 Å². The Bertz CT molecular complexity index is 817. The van der Waals surface area contributed by atoms with Crippen molar-refractivity contribution in [1.82, 2.24) is 9.55 Å². The molecule has 1 N–H and O–H groups in total. The molecule has 0 fully saturated rings. The summed E-state index contributed by atoms with van der Waals surface area (Å²) in [6, 6.07) is 12.9. The van der Waals surface area contributed by atoms with Gasteiger partial charge < -0.3 is 14.5 Å². The Labute approximate surface area is 115 Å². The number of hydrogen-bond acceptors (Lipinski definition) is 3. The molecular formula is C15H14N2O3. The number of hydrogen-bond donors (Lipinski definition) is 1. The minimum Gasteiger partial charge on any atom is -0.497 e. The number of imidazole rings is 1. The summed E-state index contributed by atoms with van der Waals surface area (Å²) in [7, 11) is 3.16. The van der Waals surface area contributed by atoms with Gasteiger partial charge in [-0.25, -0.2) is 4.79 Å². The standard InChI is InChI=1S/C15H14N2O3/c1-19-10-7-8-13(14(9-10)20-2)17-12-6-4-3-5-11(12)16-15(17)18/h3-9H,1-2H3,(H,16,18). The third-order valence-electron chi connectivity index (χ3n) is 3.22. The molecule has 0 saturated carbocycles. The van der Waals surface area contributed by atoms with Crippen LogP contribution in [0.25, 0.3) is 16.7 Å². The highest BCUT2D eigenvalue weighted by atomic mass is 16.5. The van der Waals surface area contributed by atoms with E-state index in [1.165, 1.54) is 0 Å². The summed E-state index contributed by atoms with van der Waals surface area (Å²) in [4.78, 5) is 15.0. The number of H-pyrrole nitrogens is 1. The number of nitrogens with one attached hydrogen (secondary N) is 1. The lowest BCUT2D eigenvalue weighted by molar-refractivity contribution is 0.393. The van der Waals surface area contributed by atoms with Gasteiger partial charge in [-0.2, -0.15) is 0 Å². The zero-order valence-corrected chi connectivity index (χ0v) is 11.2. The SMILES string of the molecule is COc1ccc(-n2c(=O)[nH]c3ccccc32)c(OC)c1. The average Bonchev–Trinajstić information content (AvgIpc) is 2.82. The van der Waals surface area contributed by atoms with Crippen LogP contribution < -0.4 is 15.2 Å². The molecule has 3 aromatic rings. The Morgan fingerprint density at radius 3 is 2.60 bits per heavy atom. The van der Waals surface area contributed by atoms with Gasteiger partial charge >= 0.3 is 5.69 Å². The van der Waals surface area contributed by atoms with Gasteiger partial charge in [0.15, 0.2) is 0 Å². The fourth-order valence-corrected chi connectivity index (χ4v) is 2.26. The van der Waals surface area contributed by atoms with Crippen LogP contribution in [0.2, 0.25) is 0 Å². The van der Waals surface area contributed by atoms with Crippen LogP contribution in [0.1, 0.15) is 0 Å². The van der Waals surface area contributed by atoms with Gasteiger partial charge in [-0.05, 0) is 24.3 Å². The van der Waals surface area contributed by atoms with Gasteiger partial charge in [0, 0.05) is 6.07 Å². The van der Waals surface area contributed by atoms with Crippen molar-refractivity contribution in [2.24, 2.45) is 0 Å². The van der Waals surface area contributed by atoms with Crippen LogP contribution in [-0.4, -0.2) is 23.8 Å². The van der Waals surface area contributed by atoms with E-state index in [0.717, 1.165) is 11.0 Å². The summed E-state index contributed by atoms with van der Waals surface area (Å²) < 4.78 is 12.1. The highest BCUT2D eigenvalue weighted by Gasteiger charge is 2.13. The zero-order valence-electron chi connectivity index (χ0n) is 11.2. The molecule has 5 heteroatoms. The molecule has 0 radical (unpaired) electrons. The number of fused-ring (bicyclic) bond motifs is 1. The first-order valence-electron chi connectivity index (χ1n) is 6.17. The van der Waals surface area contributed by atoms with Crippen molar-refractivity contribution in [3.05, 3.63) is 52.9 Å². The number of aromatic amines is 1. The summed E-state index contributed by atoms with van der Waals surface area (Å²) in [5.74, 6) is 1.26. The fraction of sp³-hybridized carbons (Fsp3) is 0.133. The van der Waals surface area contributed by atoms with Crippen LogP contribution in [-0.2, 0) is 0 Å². The molecule has 3 rings (SSSR count). The van der Waals surface area contributed by atoms with Gasteiger partial charge in [0.25, 0.3) is 0 Å². The summed E-state index contributed by atoms with van der Waals surface area (Å²) in [6.07, 6.45) is 0. The van der Waals surface area contributed by atoms with Crippen LogP contribution in [0.3, 0.4) is 0 Å². The van der Waals surface area contributed by atoms with Crippen molar-refractivity contribution >= 4 is 11.0 Å². The van der Waals surface area contributed by atoms with Gasteiger partial charge in [0.05, 0.1) is 30.9 Å². The van der Waals surface area contributed by atoms with Gasteiger partial charge in [0.2, 0.25) is 0 Å². The molecule has 0 bridgehead atoms. The molecule has 0 atom stereocenters. The molecule has 102 valence electrons. The molecule has 0 aliphatic rings. The smallest absolute Gasteiger partial charge is 0.331 e. The van der Waals surface area contributed by atoms with E-state index in [2.05, 4.69) is 4.98 Å². The Hall–Kier alpha value is -2.69. The topological polar surface area (TPSA) is 56.2 Å². The minimum absolute atomic E-state index is 0.199. The maximum atomic E-state index is 12.2. The highest BCUT2D eigenvalue weighted by molar-refractivity contribution is 5.78. The second kappa shape index (κ2) is 4.77. The van der Waals surface area contributed by atoms with E-state index in [4.69, 9.17) is 9.47 Å². The van der Waals surface area contributed by atoms with Crippen molar-refractivity contribution in [3.63, 3.8) is 0 Å². The van der Waals surface area contributed by atoms with Crippen molar-refractivity contribution in [3.8, 4) is 17.2 Å². The van der Waals surface area contributed by atoms with Gasteiger partial charge in [-0.15, -0.1) is 0 Å². The normalized spacial score (nSPS) is 10.7. The lowest BCUT2D eigenvalue weighted by Crippen LogP contribution is -2.15. The van der Waals surface area contributed by atoms with E-state index in [9.17, 15) is 4.79 Å². The van der Waals surface area contributed by atoms with E-state index in [-0.39, 0.29) is 5.69 Å². The number of rotatable bonds is 3. The predicted molar refractivity (Wildman–Crippen MR) is 77.0 cm³/mol. The summed E-state index contributed by atoms with van der Waals surface area (Å²) in [6.45, 7) is 0. The van der Waals surface area contributed by atoms with Crippen molar-refractivity contribution in [2.75, 3.05) is 14.2 Å². The first-order valence-corrected chi connectivity index (χ1v) is 6.17. The average molecular weight is 270 g/mol. The summed E-state index contributed by atoms with van der Waals surface area (Å²) in [5, 5.41) is 0. The molecule has 1 heterocycles. The van der Waals surface area contributed by atoms with Gasteiger partial charge in [-0.3, -0.25) is 4.57 Å². The number of para-hydroxylation sites is 2. The summed E-state index contributed by atoms with van der Waals surface area (Å²) in [5.41, 5.74) is 2.07. The van der Waals surface area contributed by atoms with Gasteiger partial charge in [-0.1, -0.05) is 12.1 Å². The van der Waals surface area contributed by atoms with Crippen molar-refractivity contribution in [2.45, 2.75) is 0 Å². The second-order valence-corrected chi connectivity index (χ2v) is 4.32. The van der Waals surface area contributed by atoms with Crippen molar-refractivity contribution in [1.29, 1.82) is 0 Å². The molecular weight excluding hydrogens is 256 g/mol. The molecule has 0 unspecified atom stereocenters. The number of methoxy groups -OCH3 is 2. The molecule has 0 aliphatic carbocycles. The lowest BCUT2D eigenvalue weighted by atomic mass is 10.2. The highest BCUT2D eigenvalue weighted by Crippen LogP contribution is 2.28. The fourth-order valence-electron chi connectivity index (χ4n) is 2.26. The predicted octanol–water partition coefficient (Wildman–Crippen LogP) is 2.34. The van der Waals surface area contributed by atoms with Crippen LogP contribution in [0.4, 0.5) is 0 Å². The number of nitrogens with zero attached hydrogens (tertiary/aromatic N) is 1. The third kappa shape index (κ3) is 1.84. The third-order valence-corrected chi connectivity index (χ3v) is 3.22. The number of benzene rings is 2.